The number of phosphoric acid groups is 2. The van der Waals surface area contributed by atoms with Crippen LogP contribution < -0.4 is 0 Å². The summed E-state index contributed by atoms with van der Waals surface area (Å²) in [6.07, 6.45) is 66.6. The lowest BCUT2D eigenvalue weighted by molar-refractivity contribution is -0.161. The SMILES string of the molecule is CCCCCCCCCCCCCCCCCCCCCCCC(=O)O[C@H](COC(=O)CCCCCCCCCCCCCCCCCC)COP(=O)(O)OC[C@@H](O)COP(=O)(O)OC[C@@H](COC(=O)CCCCCCCCCCCCC)OC(=O)CCCCCCCCCCCCC. The largest absolute Gasteiger partial charge is 0.472 e. The molecule has 0 saturated heterocycles. The van der Waals surface area contributed by atoms with E-state index in [2.05, 4.69) is 27.7 Å². The molecular weight excluding hydrogens is 1290 g/mol. The molecule has 0 aliphatic rings. The van der Waals surface area contributed by atoms with Crippen molar-refractivity contribution in [3.63, 3.8) is 0 Å². The van der Waals surface area contributed by atoms with Gasteiger partial charge in [0.2, 0.25) is 0 Å². The van der Waals surface area contributed by atoms with E-state index in [9.17, 15) is 43.2 Å². The van der Waals surface area contributed by atoms with Crippen LogP contribution in [0.25, 0.3) is 0 Å². The molecule has 17 nitrogen and oxygen atoms in total. The lowest BCUT2D eigenvalue weighted by Crippen LogP contribution is -2.30. The minimum absolute atomic E-state index is 0.108. The molecule has 0 aromatic rings. The molecule has 0 aromatic heterocycles. The Morgan fingerprint density at radius 2 is 0.404 bits per heavy atom. The summed E-state index contributed by atoms with van der Waals surface area (Å²) >= 11 is 0. The van der Waals surface area contributed by atoms with Gasteiger partial charge in [-0.25, -0.2) is 9.13 Å². The summed E-state index contributed by atoms with van der Waals surface area (Å²) in [5.74, 6) is -2.11. The Morgan fingerprint density at radius 1 is 0.242 bits per heavy atom. The zero-order valence-electron chi connectivity index (χ0n) is 64.5. The van der Waals surface area contributed by atoms with Crippen molar-refractivity contribution in [1.29, 1.82) is 0 Å². The highest BCUT2D eigenvalue weighted by atomic mass is 31.2. The van der Waals surface area contributed by atoms with Gasteiger partial charge in [-0.05, 0) is 25.7 Å². The van der Waals surface area contributed by atoms with E-state index in [1.807, 2.05) is 0 Å². The van der Waals surface area contributed by atoms with E-state index in [-0.39, 0.29) is 25.7 Å². The van der Waals surface area contributed by atoms with Gasteiger partial charge in [-0.1, -0.05) is 381 Å². The van der Waals surface area contributed by atoms with E-state index in [4.69, 9.17) is 37.0 Å². The molecule has 2 unspecified atom stereocenters. The summed E-state index contributed by atoms with van der Waals surface area (Å²) in [6, 6.07) is 0. The van der Waals surface area contributed by atoms with Crippen molar-refractivity contribution < 1.29 is 80.2 Å². The fourth-order valence-electron chi connectivity index (χ4n) is 12.5. The smallest absolute Gasteiger partial charge is 0.462 e. The molecule has 0 rings (SSSR count). The van der Waals surface area contributed by atoms with Crippen molar-refractivity contribution in [3.8, 4) is 0 Å². The van der Waals surface area contributed by atoms with Crippen molar-refractivity contribution in [3.05, 3.63) is 0 Å². The maximum Gasteiger partial charge on any atom is 0.472 e. The molecule has 19 heteroatoms. The first-order valence-electron chi connectivity index (χ1n) is 41.8. The monoisotopic (exact) mass is 1450 g/mol. The topological polar surface area (TPSA) is 237 Å². The molecule has 0 saturated carbocycles. The lowest BCUT2D eigenvalue weighted by Gasteiger charge is -2.21. The summed E-state index contributed by atoms with van der Waals surface area (Å²) in [5, 5.41) is 10.6. The van der Waals surface area contributed by atoms with Crippen molar-refractivity contribution in [2.24, 2.45) is 0 Å². The number of ether oxygens (including phenoxy) is 4. The summed E-state index contributed by atoms with van der Waals surface area (Å²) < 4.78 is 68.6. The van der Waals surface area contributed by atoms with Gasteiger partial charge in [0.1, 0.15) is 19.3 Å². The molecule has 0 aliphatic carbocycles. The van der Waals surface area contributed by atoms with E-state index in [0.717, 1.165) is 89.9 Å². The quantitative estimate of drug-likeness (QED) is 0.0222. The van der Waals surface area contributed by atoms with Gasteiger partial charge >= 0.3 is 39.5 Å². The molecule has 0 amide bonds. The number of aliphatic hydroxyl groups is 1. The van der Waals surface area contributed by atoms with E-state index in [1.165, 1.54) is 263 Å². The molecule has 0 spiro atoms. The number of rotatable bonds is 81. The van der Waals surface area contributed by atoms with Gasteiger partial charge in [0.15, 0.2) is 12.2 Å². The van der Waals surface area contributed by atoms with Gasteiger partial charge in [0, 0.05) is 25.7 Å². The van der Waals surface area contributed by atoms with Gasteiger partial charge in [-0.2, -0.15) is 0 Å². The average molecular weight is 1450 g/mol. The maximum absolute atomic E-state index is 13.1. The van der Waals surface area contributed by atoms with Crippen LogP contribution in [0.1, 0.15) is 432 Å². The number of esters is 4. The number of phosphoric ester groups is 2. The highest BCUT2D eigenvalue weighted by Crippen LogP contribution is 2.45. The fourth-order valence-corrected chi connectivity index (χ4v) is 14.0. The van der Waals surface area contributed by atoms with Crippen LogP contribution in [0.5, 0.6) is 0 Å². The Morgan fingerprint density at radius 3 is 0.596 bits per heavy atom. The third kappa shape index (κ3) is 74.1. The van der Waals surface area contributed by atoms with Gasteiger partial charge in [-0.3, -0.25) is 37.3 Å². The van der Waals surface area contributed by atoms with Crippen LogP contribution in [0.4, 0.5) is 0 Å². The van der Waals surface area contributed by atoms with Crippen LogP contribution in [-0.4, -0.2) is 96.7 Å². The number of carbonyl (C=O) groups excluding carboxylic acids is 4. The highest BCUT2D eigenvalue weighted by Gasteiger charge is 2.30. The van der Waals surface area contributed by atoms with Gasteiger partial charge in [0.25, 0.3) is 0 Å². The Balaban J connectivity index is 5.20. The first-order valence-corrected chi connectivity index (χ1v) is 44.8. The normalized spacial score (nSPS) is 13.8. The average Bonchev–Trinajstić information content (AvgIpc) is 0.993. The molecule has 3 N–H and O–H groups in total. The minimum atomic E-state index is -4.96. The zero-order chi connectivity index (χ0) is 72.5. The van der Waals surface area contributed by atoms with Crippen LogP contribution in [0.15, 0.2) is 0 Å². The highest BCUT2D eigenvalue weighted by molar-refractivity contribution is 7.47. The standard InChI is InChI=1S/C80H156O17P2/c1-5-9-13-17-21-25-29-31-33-35-36-37-38-39-41-43-47-51-55-59-63-67-80(85)97-76(71-91-78(83)65-61-57-53-49-46-42-40-34-32-30-26-22-18-14-10-6-2)73-95-99(88,89)93-69-74(81)68-92-98(86,87)94-72-75(96-79(84)66-62-58-54-50-45-28-24-20-16-12-8-4)70-90-77(82)64-60-56-52-48-44-27-23-19-15-11-7-3/h74-76,81H,5-73H2,1-4H3,(H,86,87)(H,88,89)/t74-,75+,76+/m0/s1. The third-order valence-corrected chi connectivity index (χ3v) is 20.8. The van der Waals surface area contributed by atoms with Crippen molar-refractivity contribution in [2.45, 2.75) is 451 Å². The van der Waals surface area contributed by atoms with Crippen LogP contribution in [0, 0.1) is 0 Å². The van der Waals surface area contributed by atoms with Gasteiger partial charge < -0.3 is 33.8 Å². The molecule has 0 fully saturated rings. The third-order valence-electron chi connectivity index (χ3n) is 18.9. The van der Waals surface area contributed by atoms with E-state index in [1.54, 1.807) is 0 Å². The Labute approximate surface area is 607 Å². The maximum atomic E-state index is 13.1. The van der Waals surface area contributed by atoms with Crippen LogP contribution in [-0.2, 0) is 65.4 Å². The number of aliphatic hydroxyl groups excluding tert-OH is 1. The number of hydrogen-bond donors (Lipinski definition) is 3. The second-order valence-corrected chi connectivity index (χ2v) is 31.7. The molecule has 5 atom stereocenters. The van der Waals surface area contributed by atoms with Gasteiger partial charge in [0.05, 0.1) is 26.4 Å². The Hall–Kier alpha value is -1.94. The number of hydrogen-bond acceptors (Lipinski definition) is 15. The second kappa shape index (κ2) is 74.3. The molecule has 99 heavy (non-hydrogen) atoms. The van der Waals surface area contributed by atoms with Crippen molar-refractivity contribution in [1.82, 2.24) is 0 Å². The zero-order valence-corrected chi connectivity index (χ0v) is 66.3. The summed E-state index contributed by atoms with van der Waals surface area (Å²) in [5.41, 5.74) is 0. The molecule has 0 bridgehead atoms. The first kappa shape index (κ1) is 97.1. The Kier molecular flexibility index (Phi) is 72.9. The van der Waals surface area contributed by atoms with E-state index >= 15 is 0 Å². The van der Waals surface area contributed by atoms with Gasteiger partial charge in [-0.15, -0.1) is 0 Å². The molecule has 0 heterocycles. The molecule has 0 aliphatic heterocycles. The molecule has 588 valence electrons. The number of carbonyl (C=O) groups is 4. The van der Waals surface area contributed by atoms with Crippen LogP contribution in [0.2, 0.25) is 0 Å². The first-order chi connectivity index (χ1) is 48.2. The minimum Gasteiger partial charge on any atom is -0.462 e. The van der Waals surface area contributed by atoms with E-state index < -0.39 is 97.5 Å². The summed E-state index contributed by atoms with van der Waals surface area (Å²) in [6.45, 7) is 5.01. The second-order valence-electron chi connectivity index (χ2n) is 28.8. The van der Waals surface area contributed by atoms with E-state index in [0.29, 0.717) is 25.7 Å². The summed E-state index contributed by atoms with van der Waals surface area (Å²) in [4.78, 5) is 72.9. The number of unbranched alkanes of at least 4 members (excludes halogenated alkanes) is 55. The van der Waals surface area contributed by atoms with Crippen LogP contribution >= 0.6 is 15.6 Å². The summed E-state index contributed by atoms with van der Waals surface area (Å²) in [7, 11) is -9.91. The molecule has 0 radical (unpaired) electrons. The lowest BCUT2D eigenvalue weighted by atomic mass is 10.0. The fraction of sp³-hybridized carbons (Fsp3) is 0.950. The predicted molar refractivity (Wildman–Crippen MR) is 405 cm³/mol. The predicted octanol–water partition coefficient (Wildman–Crippen LogP) is 24.2. The molecule has 0 aromatic carbocycles. The van der Waals surface area contributed by atoms with Crippen LogP contribution in [0.3, 0.4) is 0 Å². The Bertz CT molecular complexity index is 1880. The van der Waals surface area contributed by atoms with Crippen molar-refractivity contribution >= 4 is 39.5 Å². The molecular formula is C80H156O17P2. The van der Waals surface area contributed by atoms with Crippen molar-refractivity contribution in [2.75, 3.05) is 39.6 Å².